The third kappa shape index (κ3) is 3.23. The first kappa shape index (κ1) is 15.7. The minimum Gasteiger partial charge on any atom is -0.324 e. The lowest BCUT2D eigenvalue weighted by Gasteiger charge is -2.10. The minimum absolute atomic E-state index is 0.633. The number of hydrogen-bond acceptors (Lipinski definition) is 5. The Balaban J connectivity index is 1.66. The van der Waals surface area contributed by atoms with Gasteiger partial charge in [0.05, 0.1) is 10.2 Å². The topological polar surface area (TPSA) is 50.7 Å². The van der Waals surface area contributed by atoms with Crippen LogP contribution in [0.3, 0.4) is 0 Å². The predicted octanol–water partition coefficient (Wildman–Crippen LogP) is 5.42. The van der Waals surface area contributed by atoms with Crippen molar-refractivity contribution in [2.24, 2.45) is 0 Å². The average molecular weight is 346 g/mol. The highest BCUT2D eigenvalue weighted by molar-refractivity contribution is 7.21. The maximum absolute atomic E-state index is 4.73. The minimum atomic E-state index is 0.633. The Morgan fingerprint density at radius 1 is 0.840 bits per heavy atom. The largest absolute Gasteiger partial charge is 0.324 e. The molecule has 0 fully saturated rings. The molecule has 0 aliphatic carbocycles. The summed E-state index contributed by atoms with van der Waals surface area (Å²) >= 11 is 1.72. The molecule has 0 radical (unpaired) electrons. The summed E-state index contributed by atoms with van der Waals surface area (Å²) in [5, 5.41) is 4.36. The molecule has 25 heavy (non-hydrogen) atoms. The molecule has 1 N–H and O–H groups in total. The second-order valence-corrected chi connectivity index (χ2v) is 7.15. The number of nitrogens with one attached hydrogen (secondary N) is 1. The Bertz CT molecular complexity index is 1020. The van der Waals surface area contributed by atoms with Gasteiger partial charge in [0, 0.05) is 22.6 Å². The Labute approximate surface area is 150 Å². The monoisotopic (exact) mass is 346 g/mol. The highest BCUT2D eigenvalue weighted by atomic mass is 32.1. The number of aryl methyl sites for hydroxylation is 3. The van der Waals surface area contributed by atoms with Gasteiger partial charge < -0.3 is 5.32 Å². The number of anilines is 2. The van der Waals surface area contributed by atoms with E-state index in [1.165, 1.54) is 4.70 Å². The number of hydrogen-bond donors (Lipinski definition) is 1. The zero-order valence-electron chi connectivity index (χ0n) is 14.4. The van der Waals surface area contributed by atoms with Crippen LogP contribution in [0.25, 0.3) is 20.8 Å². The van der Waals surface area contributed by atoms with E-state index in [0.29, 0.717) is 5.95 Å². The molecular weight excluding hydrogens is 328 g/mol. The van der Waals surface area contributed by atoms with Crippen molar-refractivity contribution in [2.45, 2.75) is 20.8 Å². The number of benzene rings is 2. The highest BCUT2D eigenvalue weighted by Crippen LogP contribution is 2.32. The molecule has 4 rings (SSSR count). The molecule has 0 saturated heterocycles. The van der Waals surface area contributed by atoms with E-state index >= 15 is 0 Å². The van der Waals surface area contributed by atoms with Crippen LogP contribution in [0, 0.1) is 20.8 Å². The number of rotatable bonds is 3. The molecule has 2 aromatic heterocycles. The molecular formula is C20H18N4S. The first-order valence-electron chi connectivity index (χ1n) is 8.14. The standard InChI is InChI=1S/C20H18N4S/c1-12-10-15(19-23-17-6-4-5-7-18(17)25-19)8-9-16(12)24-20-21-13(2)11-14(3)22-20/h4-11H,1-3H3,(H,21,22,24). The molecule has 0 amide bonds. The number of aromatic nitrogens is 3. The van der Waals surface area contributed by atoms with Gasteiger partial charge in [0.1, 0.15) is 5.01 Å². The van der Waals surface area contributed by atoms with Crippen LogP contribution in [-0.4, -0.2) is 15.0 Å². The fourth-order valence-electron chi connectivity index (χ4n) is 2.83. The van der Waals surface area contributed by atoms with Crippen LogP contribution in [0.1, 0.15) is 17.0 Å². The van der Waals surface area contributed by atoms with Crippen LogP contribution >= 0.6 is 11.3 Å². The molecule has 0 bridgehead atoms. The van der Waals surface area contributed by atoms with E-state index in [2.05, 4.69) is 52.5 Å². The third-order valence-corrected chi connectivity index (χ3v) is 5.08. The van der Waals surface area contributed by atoms with E-state index in [-0.39, 0.29) is 0 Å². The lowest BCUT2D eigenvalue weighted by molar-refractivity contribution is 1.06. The summed E-state index contributed by atoms with van der Waals surface area (Å²) in [4.78, 5) is 13.6. The molecule has 2 heterocycles. The second-order valence-electron chi connectivity index (χ2n) is 6.12. The van der Waals surface area contributed by atoms with Gasteiger partial charge >= 0.3 is 0 Å². The van der Waals surface area contributed by atoms with Crippen LogP contribution in [0.5, 0.6) is 0 Å². The zero-order chi connectivity index (χ0) is 17.4. The maximum Gasteiger partial charge on any atom is 0.227 e. The molecule has 4 aromatic rings. The van der Waals surface area contributed by atoms with Crippen molar-refractivity contribution < 1.29 is 0 Å². The molecule has 124 valence electrons. The van der Waals surface area contributed by atoms with Crippen LogP contribution in [0.2, 0.25) is 0 Å². The van der Waals surface area contributed by atoms with Crippen molar-refractivity contribution in [3.63, 3.8) is 0 Å². The van der Waals surface area contributed by atoms with Gasteiger partial charge in [-0.25, -0.2) is 15.0 Å². The van der Waals surface area contributed by atoms with E-state index in [0.717, 1.165) is 38.7 Å². The Morgan fingerprint density at radius 3 is 2.32 bits per heavy atom. The maximum atomic E-state index is 4.73. The molecule has 2 aromatic carbocycles. The van der Waals surface area contributed by atoms with Crippen molar-refractivity contribution in [3.8, 4) is 10.6 Å². The molecule has 0 spiro atoms. The Morgan fingerprint density at radius 2 is 1.60 bits per heavy atom. The highest BCUT2D eigenvalue weighted by Gasteiger charge is 2.09. The van der Waals surface area contributed by atoms with Crippen LogP contribution < -0.4 is 5.32 Å². The van der Waals surface area contributed by atoms with Crippen LogP contribution in [0.15, 0.2) is 48.5 Å². The summed E-state index contributed by atoms with van der Waals surface area (Å²) in [6.07, 6.45) is 0. The molecule has 4 nitrogen and oxygen atoms in total. The van der Waals surface area contributed by atoms with Crippen molar-refractivity contribution in [1.29, 1.82) is 0 Å². The summed E-state index contributed by atoms with van der Waals surface area (Å²) < 4.78 is 1.21. The molecule has 0 saturated carbocycles. The van der Waals surface area contributed by atoms with E-state index < -0.39 is 0 Å². The number of para-hydroxylation sites is 1. The van der Waals surface area contributed by atoms with Crippen LogP contribution in [0.4, 0.5) is 11.6 Å². The van der Waals surface area contributed by atoms with Gasteiger partial charge in [-0.2, -0.15) is 0 Å². The van der Waals surface area contributed by atoms with Gasteiger partial charge in [-0.3, -0.25) is 0 Å². The molecule has 0 atom stereocenters. The van der Waals surface area contributed by atoms with E-state index in [4.69, 9.17) is 4.98 Å². The third-order valence-electron chi connectivity index (χ3n) is 4.00. The summed E-state index contributed by atoms with van der Waals surface area (Å²) in [5.41, 5.74) is 6.24. The normalized spacial score (nSPS) is 11.0. The van der Waals surface area contributed by atoms with Gasteiger partial charge in [-0.05, 0) is 62.7 Å². The Kier molecular flexibility index (Phi) is 3.93. The SMILES string of the molecule is Cc1cc(C)nc(Nc2ccc(-c3nc4ccccc4s3)cc2C)n1. The fourth-order valence-corrected chi connectivity index (χ4v) is 3.80. The fraction of sp³-hybridized carbons (Fsp3) is 0.150. The van der Waals surface area contributed by atoms with E-state index in [9.17, 15) is 0 Å². The summed E-state index contributed by atoms with van der Waals surface area (Å²) in [7, 11) is 0. The van der Waals surface area contributed by atoms with E-state index in [1.807, 2.05) is 32.0 Å². The van der Waals surface area contributed by atoms with Gasteiger partial charge in [0.2, 0.25) is 5.95 Å². The summed E-state index contributed by atoms with van der Waals surface area (Å²) in [5.74, 6) is 0.633. The predicted molar refractivity (Wildman–Crippen MR) is 105 cm³/mol. The lowest BCUT2D eigenvalue weighted by Crippen LogP contribution is -2.01. The van der Waals surface area contributed by atoms with Crippen molar-refractivity contribution in [1.82, 2.24) is 15.0 Å². The smallest absolute Gasteiger partial charge is 0.227 e. The molecule has 0 unspecified atom stereocenters. The average Bonchev–Trinajstić information content (AvgIpc) is 3.00. The molecule has 5 heteroatoms. The van der Waals surface area contributed by atoms with Gasteiger partial charge in [-0.1, -0.05) is 12.1 Å². The van der Waals surface area contributed by atoms with Crippen molar-refractivity contribution in [3.05, 3.63) is 65.5 Å². The first-order valence-corrected chi connectivity index (χ1v) is 8.96. The molecule has 0 aliphatic rings. The number of thiazole rings is 1. The summed E-state index contributed by atoms with van der Waals surface area (Å²) in [6, 6.07) is 16.5. The summed E-state index contributed by atoms with van der Waals surface area (Å²) in [6.45, 7) is 6.04. The first-order chi connectivity index (χ1) is 12.1. The van der Waals surface area contributed by atoms with Crippen molar-refractivity contribution >= 4 is 33.2 Å². The molecule has 0 aliphatic heterocycles. The quantitative estimate of drug-likeness (QED) is 0.538. The Hall–Kier alpha value is -2.79. The second kappa shape index (κ2) is 6.26. The van der Waals surface area contributed by atoms with E-state index in [1.54, 1.807) is 11.3 Å². The van der Waals surface area contributed by atoms with Gasteiger partial charge in [-0.15, -0.1) is 11.3 Å². The van der Waals surface area contributed by atoms with Gasteiger partial charge in [0.25, 0.3) is 0 Å². The van der Waals surface area contributed by atoms with Crippen molar-refractivity contribution in [2.75, 3.05) is 5.32 Å². The van der Waals surface area contributed by atoms with Crippen LogP contribution in [-0.2, 0) is 0 Å². The van der Waals surface area contributed by atoms with Gasteiger partial charge in [0.15, 0.2) is 0 Å². The zero-order valence-corrected chi connectivity index (χ0v) is 15.2. The lowest BCUT2D eigenvalue weighted by atomic mass is 10.1. The number of fused-ring (bicyclic) bond motifs is 1. The number of nitrogens with zero attached hydrogens (tertiary/aromatic N) is 3.